The summed E-state index contributed by atoms with van der Waals surface area (Å²) in [4.78, 5) is 0. The molecule has 2 N–H and O–H groups in total. The molecule has 0 aliphatic carbocycles. The van der Waals surface area contributed by atoms with Gasteiger partial charge < -0.3 is 14.6 Å². The molecule has 2 heterocycles. The first kappa shape index (κ1) is 33.6. The Balaban J connectivity index is 0.00000212. The van der Waals surface area contributed by atoms with E-state index in [0.717, 1.165) is 77.4 Å². The van der Waals surface area contributed by atoms with E-state index >= 15 is 0 Å². The van der Waals surface area contributed by atoms with E-state index in [1.54, 1.807) is 18.2 Å². The lowest BCUT2D eigenvalue weighted by Gasteiger charge is -2.19. The Hall–Kier alpha value is -6.32. The minimum Gasteiger partial charge on any atom is -0.456 e. The van der Waals surface area contributed by atoms with Crippen molar-refractivity contribution in [1.82, 2.24) is 0 Å². The summed E-state index contributed by atoms with van der Waals surface area (Å²) in [5, 5.41) is 3.15. The van der Waals surface area contributed by atoms with Crippen LogP contribution in [0.15, 0.2) is 180 Å². The van der Waals surface area contributed by atoms with Gasteiger partial charge in [0, 0.05) is 33.3 Å². The molecule has 3 heteroatoms. The van der Waals surface area contributed by atoms with Crippen molar-refractivity contribution in [3.63, 3.8) is 0 Å². The second-order valence-electron chi connectivity index (χ2n) is 11.7. The van der Waals surface area contributed by atoms with Gasteiger partial charge in [0.15, 0.2) is 0 Å². The lowest BCUT2D eigenvalue weighted by molar-refractivity contribution is 0.603. The molecule has 0 amide bonds. The van der Waals surface area contributed by atoms with Crippen LogP contribution in [-0.4, -0.2) is 0 Å². The number of allylic oxidation sites excluding steroid dienone is 4. The fraction of sp³-hybridized carbons (Fsp3) is 0.0638. The highest BCUT2D eigenvalue weighted by Gasteiger charge is 2.19. The van der Waals surface area contributed by atoms with Crippen LogP contribution in [0.4, 0.5) is 0 Å². The van der Waals surface area contributed by atoms with Crippen molar-refractivity contribution in [3.05, 3.63) is 194 Å². The quantitative estimate of drug-likeness (QED) is 0.150. The van der Waals surface area contributed by atoms with Crippen molar-refractivity contribution in [3.8, 4) is 22.3 Å². The molecule has 1 atom stereocenters. The first-order valence-electron chi connectivity index (χ1n) is 16.9. The summed E-state index contributed by atoms with van der Waals surface area (Å²) in [5.41, 5.74) is 18.2. The maximum atomic E-state index is 6.70. The maximum absolute atomic E-state index is 6.70. The van der Waals surface area contributed by atoms with E-state index < -0.39 is 0 Å². The zero-order chi connectivity index (χ0) is 35.2. The smallest absolute Gasteiger partial charge is 0.135 e. The van der Waals surface area contributed by atoms with Gasteiger partial charge in [-0.15, -0.1) is 0 Å². The van der Waals surface area contributed by atoms with E-state index in [1.165, 1.54) is 0 Å². The Labute approximate surface area is 294 Å². The molecule has 0 radical (unpaired) electrons. The molecule has 5 aromatic carbocycles. The number of nitrogens with two attached hydrogens (primary N) is 1. The van der Waals surface area contributed by atoms with Crippen LogP contribution in [0, 0.1) is 0 Å². The summed E-state index contributed by atoms with van der Waals surface area (Å²) in [6.07, 6.45) is 11.0. The molecular formula is C47H41NO2. The predicted octanol–water partition coefficient (Wildman–Crippen LogP) is 13.3. The molecule has 0 spiro atoms. The molecule has 2 aromatic heterocycles. The van der Waals surface area contributed by atoms with Gasteiger partial charge in [0.05, 0.1) is 0 Å². The Bertz CT molecular complexity index is 2430. The highest BCUT2D eigenvalue weighted by molar-refractivity contribution is 6.07. The average molecular weight is 652 g/mol. The number of hydrogen-bond acceptors (Lipinski definition) is 3. The van der Waals surface area contributed by atoms with Crippen LogP contribution in [0.25, 0.3) is 67.3 Å². The maximum Gasteiger partial charge on any atom is 0.135 e. The first-order chi connectivity index (χ1) is 24.5. The third-order valence-corrected chi connectivity index (χ3v) is 8.90. The Morgan fingerprint density at radius 2 is 1.28 bits per heavy atom. The van der Waals surface area contributed by atoms with Gasteiger partial charge in [0.1, 0.15) is 22.5 Å². The second-order valence-corrected chi connectivity index (χ2v) is 11.7. The molecule has 0 saturated carbocycles. The van der Waals surface area contributed by atoms with Crippen LogP contribution in [-0.2, 0) is 0 Å². The van der Waals surface area contributed by atoms with E-state index in [9.17, 15) is 0 Å². The van der Waals surface area contributed by atoms with E-state index in [0.29, 0.717) is 11.5 Å². The minimum absolute atomic E-state index is 0.121. The van der Waals surface area contributed by atoms with Gasteiger partial charge in [0.2, 0.25) is 0 Å². The number of hydrogen-bond donors (Lipinski definition) is 1. The van der Waals surface area contributed by atoms with Crippen molar-refractivity contribution in [2.45, 2.75) is 19.8 Å². The molecule has 0 fully saturated rings. The lowest BCUT2D eigenvalue weighted by Crippen LogP contribution is -2.06. The molecule has 0 aliphatic rings. The molecule has 7 aromatic rings. The van der Waals surface area contributed by atoms with E-state index in [-0.39, 0.29) is 5.92 Å². The van der Waals surface area contributed by atoms with Gasteiger partial charge in [-0.3, -0.25) is 0 Å². The van der Waals surface area contributed by atoms with Crippen LogP contribution >= 0.6 is 0 Å². The molecule has 7 rings (SSSR count). The van der Waals surface area contributed by atoms with Gasteiger partial charge >= 0.3 is 0 Å². The van der Waals surface area contributed by atoms with Gasteiger partial charge in [-0.2, -0.15) is 0 Å². The highest BCUT2D eigenvalue weighted by Crippen LogP contribution is 2.41. The van der Waals surface area contributed by atoms with Crippen LogP contribution < -0.4 is 5.73 Å². The highest BCUT2D eigenvalue weighted by atomic mass is 16.3. The topological polar surface area (TPSA) is 52.3 Å². The summed E-state index contributed by atoms with van der Waals surface area (Å²) in [7, 11) is 0. The zero-order valence-corrected chi connectivity index (χ0v) is 28.7. The van der Waals surface area contributed by atoms with Crippen molar-refractivity contribution >= 4 is 45.1 Å². The molecule has 0 bridgehead atoms. The van der Waals surface area contributed by atoms with Crippen molar-refractivity contribution in [2.75, 3.05) is 0 Å². The number of furan rings is 2. The lowest BCUT2D eigenvalue weighted by atomic mass is 9.85. The zero-order valence-electron chi connectivity index (χ0n) is 28.7. The van der Waals surface area contributed by atoms with Crippen molar-refractivity contribution < 1.29 is 8.83 Å². The normalized spacial score (nSPS) is 12.4. The SMILES string of the molecule is C=C/C=C(C=C)/C(N)=C/C(c1ccccc1)c1ccc(-c2ccc3oc(C=C)c(C=C)c3c2)c(-c2ccc3oc4ccccc4c3c2)c1.CC. The number of rotatable bonds is 10. The fourth-order valence-corrected chi connectivity index (χ4v) is 6.53. The largest absolute Gasteiger partial charge is 0.456 e. The van der Waals surface area contributed by atoms with Crippen LogP contribution in [0.5, 0.6) is 0 Å². The molecule has 50 heavy (non-hydrogen) atoms. The van der Waals surface area contributed by atoms with Crippen molar-refractivity contribution in [2.24, 2.45) is 5.73 Å². The Morgan fingerprint density at radius 3 is 1.98 bits per heavy atom. The number of para-hydroxylation sites is 1. The van der Waals surface area contributed by atoms with E-state index in [1.807, 2.05) is 56.3 Å². The van der Waals surface area contributed by atoms with E-state index in [4.69, 9.17) is 14.6 Å². The summed E-state index contributed by atoms with van der Waals surface area (Å²) >= 11 is 0. The van der Waals surface area contributed by atoms with Crippen LogP contribution in [0.3, 0.4) is 0 Å². The molecule has 1 unspecified atom stereocenters. The molecule has 0 aliphatic heterocycles. The fourth-order valence-electron chi connectivity index (χ4n) is 6.53. The van der Waals surface area contributed by atoms with Gasteiger partial charge in [-0.25, -0.2) is 0 Å². The third-order valence-electron chi connectivity index (χ3n) is 8.90. The molecule has 3 nitrogen and oxygen atoms in total. The summed E-state index contributed by atoms with van der Waals surface area (Å²) < 4.78 is 12.3. The van der Waals surface area contributed by atoms with Gasteiger partial charge in [-0.05, 0) is 87.5 Å². The van der Waals surface area contributed by atoms with Crippen LogP contribution in [0.1, 0.15) is 42.2 Å². The number of fused-ring (bicyclic) bond motifs is 4. The van der Waals surface area contributed by atoms with Gasteiger partial charge in [0.25, 0.3) is 0 Å². The monoisotopic (exact) mass is 651 g/mol. The predicted molar refractivity (Wildman–Crippen MR) is 215 cm³/mol. The summed E-state index contributed by atoms with van der Waals surface area (Å²) in [6, 6.07) is 38.0. The summed E-state index contributed by atoms with van der Waals surface area (Å²) in [5.74, 6) is 0.592. The Kier molecular flexibility index (Phi) is 9.97. The molecule has 0 saturated heterocycles. The number of benzene rings is 5. The minimum atomic E-state index is -0.121. The average Bonchev–Trinajstić information content (AvgIpc) is 3.73. The van der Waals surface area contributed by atoms with E-state index in [2.05, 4.69) is 111 Å². The second kappa shape index (κ2) is 14.8. The first-order valence-corrected chi connectivity index (χ1v) is 16.9. The molecule has 246 valence electrons. The third kappa shape index (κ3) is 6.29. The van der Waals surface area contributed by atoms with Crippen LogP contribution in [0.2, 0.25) is 0 Å². The van der Waals surface area contributed by atoms with Gasteiger partial charge in [-0.1, -0.05) is 137 Å². The summed E-state index contributed by atoms with van der Waals surface area (Å²) in [6.45, 7) is 19.8. The molecular weight excluding hydrogens is 611 g/mol. The standard InChI is InChI=1S/C45H35NO2.C2H6/c1-5-14-29(6-2)41(46)28-37(30-15-10-9-11-16-30)32-19-22-35(31-20-23-44-39(26-31)34(7-3)42(8-4)47-44)38(25-32)33-21-24-45-40(27-33)36-17-12-13-18-43(36)48-45;1-2/h5-28,37H,1-4,46H2;1-2H3/b29-14+,41-28-;. The Morgan fingerprint density at radius 1 is 0.620 bits per heavy atom. The van der Waals surface area contributed by atoms with Crippen molar-refractivity contribution in [1.29, 1.82) is 0 Å².